The van der Waals surface area contributed by atoms with Crippen LogP contribution in [0.2, 0.25) is 0 Å². The Morgan fingerprint density at radius 1 is 0.897 bits per heavy atom. The number of esters is 1. The molecular formula is C32H49N3O4. The van der Waals surface area contributed by atoms with Crippen molar-refractivity contribution in [3.63, 3.8) is 0 Å². The monoisotopic (exact) mass is 539 g/mol. The van der Waals surface area contributed by atoms with Gasteiger partial charge in [0.05, 0.1) is 12.0 Å². The number of carbonyl (C=O) groups is 1. The molecule has 1 spiro atoms. The minimum atomic E-state index is -0.397. The zero-order chi connectivity index (χ0) is 27.8. The molecular weight excluding hydrogens is 490 g/mol. The topological polar surface area (TPSA) is 111 Å². The van der Waals surface area contributed by atoms with Gasteiger partial charge in [-0.15, -0.1) is 0 Å². The molecule has 2 bridgehead atoms. The second-order valence-electron chi connectivity index (χ2n) is 14.9. The average Bonchev–Trinajstić information content (AvgIpc) is 3.10. The molecule has 0 aromatic heterocycles. The maximum atomic E-state index is 13.2. The van der Waals surface area contributed by atoms with E-state index < -0.39 is 10.8 Å². The fourth-order valence-electron chi connectivity index (χ4n) is 10.9. The van der Waals surface area contributed by atoms with E-state index in [1.165, 1.54) is 12.8 Å². The number of ether oxygens (including phenoxy) is 1. The van der Waals surface area contributed by atoms with Gasteiger partial charge in [0.1, 0.15) is 11.4 Å². The minimum Gasteiger partial charge on any atom is -0.466 e. The summed E-state index contributed by atoms with van der Waals surface area (Å²) in [6.07, 6.45) is 14.0. The van der Waals surface area contributed by atoms with Gasteiger partial charge in [-0.25, -0.2) is 0 Å². The van der Waals surface area contributed by atoms with Gasteiger partial charge >= 0.3 is 5.97 Å². The first-order valence-electron chi connectivity index (χ1n) is 15.8. The van der Waals surface area contributed by atoms with Crippen LogP contribution >= 0.6 is 0 Å². The number of rotatable bonds is 6. The van der Waals surface area contributed by atoms with Crippen molar-refractivity contribution in [1.29, 1.82) is 0 Å². The fraction of sp³-hybridized carbons (Fsp3) is 0.844. The van der Waals surface area contributed by atoms with Gasteiger partial charge in [-0.1, -0.05) is 33.1 Å². The van der Waals surface area contributed by atoms with Crippen molar-refractivity contribution in [3.8, 4) is 0 Å². The molecule has 7 heteroatoms. The number of nitrogens with two attached hydrogens (primary N) is 1. The highest BCUT2D eigenvalue weighted by Crippen LogP contribution is 2.74. The predicted octanol–water partition coefficient (Wildman–Crippen LogP) is 5.11. The first kappa shape index (κ1) is 27.3. The Labute approximate surface area is 233 Å². The van der Waals surface area contributed by atoms with E-state index in [4.69, 9.17) is 10.5 Å². The van der Waals surface area contributed by atoms with Crippen LogP contribution < -0.4 is 27.2 Å². The molecule has 0 amide bonds. The van der Waals surface area contributed by atoms with Gasteiger partial charge in [-0.05, 0) is 106 Å². The molecule has 39 heavy (non-hydrogen) atoms. The Bertz CT molecular complexity index is 1210. The van der Waals surface area contributed by atoms with Crippen LogP contribution in [0.4, 0.5) is 11.4 Å². The fourth-order valence-corrected chi connectivity index (χ4v) is 10.9. The van der Waals surface area contributed by atoms with Gasteiger partial charge in [-0.2, -0.15) is 0 Å². The number of fused-ring (bicyclic) bond motifs is 3. The lowest BCUT2D eigenvalue weighted by molar-refractivity contribution is -0.187. The third-order valence-corrected chi connectivity index (χ3v) is 12.8. The zero-order valence-electron chi connectivity index (χ0n) is 24.5. The van der Waals surface area contributed by atoms with Crippen LogP contribution in [0.15, 0.2) is 9.59 Å². The Kier molecular flexibility index (Phi) is 6.52. The Morgan fingerprint density at radius 2 is 1.59 bits per heavy atom. The molecule has 5 aliphatic carbocycles. The van der Waals surface area contributed by atoms with Crippen molar-refractivity contribution in [2.75, 3.05) is 17.2 Å². The summed E-state index contributed by atoms with van der Waals surface area (Å²) in [7, 11) is 0. The molecule has 0 heterocycles. The van der Waals surface area contributed by atoms with Crippen molar-refractivity contribution in [1.82, 2.24) is 0 Å². The van der Waals surface area contributed by atoms with Gasteiger partial charge < -0.3 is 21.1 Å². The molecule has 1 aromatic rings. The van der Waals surface area contributed by atoms with Crippen LogP contribution in [0, 0.1) is 33.5 Å². The summed E-state index contributed by atoms with van der Waals surface area (Å²) < 4.78 is 5.63. The van der Waals surface area contributed by atoms with Gasteiger partial charge in [0.2, 0.25) is 0 Å². The van der Waals surface area contributed by atoms with Gasteiger partial charge in [0.25, 0.3) is 10.9 Å². The highest BCUT2D eigenvalue weighted by atomic mass is 16.5. The molecule has 0 saturated heterocycles. The second-order valence-corrected chi connectivity index (χ2v) is 14.9. The van der Waals surface area contributed by atoms with Crippen molar-refractivity contribution in [3.05, 3.63) is 20.4 Å². The van der Waals surface area contributed by atoms with E-state index in [9.17, 15) is 14.4 Å². The molecule has 2 unspecified atom stereocenters. The largest absolute Gasteiger partial charge is 0.466 e. The summed E-state index contributed by atoms with van der Waals surface area (Å²) in [5.74, 6) is 0.929. The summed E-state index contributed by atoms with van der Waals surface area (Å²) in [6.45, 7) is 9.40. The van der Waals surface area contributed by atoms with E-state index in [0.717, 1.165) is 70.6 Å². The molecule has 4 N–H and O–H groups in total. The third kappa shape index (κ3) is 3.95. The molecule has 5 aliphatic rings. The molecule has 0 aliphatic heterocycles. The third-order valence-electron chi connectivity index (χ3n) is 12.8. The van der Waals surface area contributed by atoms with Crippen LogP contribution in [0.5, 0.6) is 0 Å². The normalized spacial score (nSPS) is 45.3. The highest BCUT2D eigenvalue weighted by molar-refractivity contribution is 5.77. The van der Waals surface area contributed by atoms with Crippen molar-refractivity contribution in [2.45, 2.75) is 129 Å². The van der Waals surface area contributed by atoms with E-state index in [0.29, 0.717) is 29.8 Å². The lowest BCUT2D eigenvalue weighted by Gasteiger charge is -2.64. The molecule has 9 atom stereocenters. The molecule has 0 radical (unpaired) electrons. The van der Waals surface area contributed by atoms with Crippen LogP contribution in [0.1, 0.15) is 111 Å². The van der Waals surface area contributed by atoms with E-state index >= 15 is 0 Å². The minimum absolute atomic E-state index is 0.00121. The van der Waals surface area contributed by atoms with Crippen LogP contribution in [-0.2, 0) is 9.53 Å². The first-order valence-corrected chi connectivity index (χ1v) is 15.8. The number of anilines is 2. The Morgan fingerprint density at radius 3 is 2.31 bits per heavy atom. The molecule has 6 rings (SSSR count). The lowest BCUT2D eigenvalue weighted by atomic mass is 9.40. The molecule has 7 nitrogen and oxygen atoms in total. The van der Waals surface area contributed by atoms with E-state index in [2.05, 4.69) is 31.4 Å². The quantitative estimate of drug-likeness (QED) is 0.340. The van der Waals surface area contributed by atoms with Gasteiger partial charge in [0.15, 0.2) is 0 Å². The summed E-state index contributed by atoms with van der Waals surface area (Å²) in [5, 5.41) is 7.04. The predicted molar refractivity (Wildman–Crippen MR) is 155 cm³/mol. The number of hydrogen-bond acceptors (Lipinski definition) is 7. The van der Waals surface area contributed by atoms with Crippen LogP contribution in [-0.4, -0.2) is 30.7 Å². The smallest absolute Gasteiger partial charge is 0.312 e. The standard InChI is InChI=1S/C32H49N3O4/c1-5-39-28(38)31(4)14-8-13-30(3)21(31)12-16-32-17-23(29(2,18-32)15-11-22(30)32)35-25-24(26(36)27(25)37)34-20-10-7-6-9-19(20)33/h19-23,34-35H,5-18,33H2,1-4H3/t19-,20-,21?,22?,23+,29-,30+,31+,32-/m0/s1. The zero-order valence-corrected chi connectivity index (χ0v) is 24.5. The van der Waals surface area contributed by atoms with Gasteiger partial charge in [-0.3, -0.25) is 14.4 Å². The number of nitrogens with one attached hydrogen (secondary N) is 2. The van der Waals surface area contributed by atoms with Crippen LogP contribution in [0.25, 0.3) is 0 Å². The summed E-state index contributed by atoms with van der Waals surface area (Å²) in [5.41, 5.74) is 6.58. The number of carbonyl (C=O) groups excluding carboxylic acids is 1. The molecule has 5 saturated carbocycles. The van der Waals surface area contributed by atoms with Crippen molar-refractivity contribution >= 4 is 17.3 Å². The van der Waals surface area contributed by atoms with Crippen LogP contribution in [0.3, 0.4) is 0 Å². The van der Waals surface area contributed by atoms with Crippen molar-refractivity contribution in [2.24, 2.45) is 39.2 Å². The highest BCUT2D eigenvalue weighted by Gasteiger charge is 2.68. The average molecular weight is 540 g/mol. The Balaban J connectivity index is 1.24. The summed E-state index contributed by atoms with van der Waals surface area (Å²) in [6, 6.07) is 0.247. The van der Waals surface area contributed by atoms with E-state index in [1.54, 1.807) is 0 Å². The molecule has 5 fully saturated rings. The Hall–Kier alpha value is -1.89. The summed E-state index contributed by atoms with van der Waals surface area (Å²) >= 11 is 0. The maximum Gasteiger partial charge on any atom is 0.312 e. The van der Waals surface area contributed by atoms with E-state index in [-0.39, 0.29) is 45.8 Å². The molecule has 1 aromatic carbocycles. The van der Waals surface area contributed by atoms with Gasteiger partial charge in [0, 0.05) is 18.1 Å². The first-order chi connectivity index (χ1) is 18.5. The second kappa shape index (κ2) is 9.32. The number of hydrogen-bond donors (Lipinski definition) is 3. The van der Waals surface area contributed by atoms with Crippen molar-refractivity contribution < 1.29 is 9.53 Å². The lowest BCUT2D eigenvalue weighted by Crippen LogP contribution is -2.58. The SMILES string of the molecule is CCOC(=O)[C@]1(C)CCC[C@@]2(C)C3CC[C@@]4(C)C[C@]3(CCC21)C[C@H]4Nc1c(N[C@H]2CCCC[C@@H]2N)c(=O)c1=O. The summed E-state index contributed by atoms with van der Waals surface area (Å²) in [4.78, 5) is 38.7. The van der Waals surface area contributed by atoms with E-state index in [1.807, 2.05) is 6.92 Å². The maximum absolute atomic E-state index is 13.2. The molecule has 216 valence electrons.